The lowest BCUT2D eigenvalue weighted by Crippen LogP contribution is -2.65. The van der Waals surface area contributed by atoms with Gasteiger partial charge in [0.05, 0.1) is 45.2 Å². The second-order valence-corrected chi connectivity index (χ2v) is 7.23. The van der Waals surface area contributed by atoms with Gasteiger partial charge in [-0.25, -0.2) is 0 Å². The lowest BCUT2D eigenvalue weighted by molar-refractivity contribution is -0.311. The minimum absolute atomic E-state index is 0.0498. The monoisotopic (exact) mass is 404 g/mol. The van der Waals surface area contributed by atoms with Gasteiger partial charge in [0, 0.05) is 20.4 Å². The Labute approximate surface area is 167 Å². The van der Waals surface area contributed by atoms with Crippen molar-refractivity contribution in [1.82, 2.24) is 5.32 Å². The van der Waals surface area contributed by atoms with Crippen molar-refractivity contribution in [2.75, 3.05) is 46.2 Å². The van der Waals surface area contributed by atoms with Crippen molar-refractivity contribution in [2.45, 2.75) is 52.6 Å². The third kappa shape index (κ3) is 8.00. The quantitative estimate of drug-likeness (QED) is 0.356. The lowest BCUT2D eigenvalue weighted by atomic mass is 9.78. The fourth-order valence-electron chi connectivity index (χ4n) is 3.30. The van der Waals surface area contributed by atoms with Crippen molar-refractivity contribution in [3.05, 3.63) is 0 Å². The van der Waals surface area contributed by atoms with Crippen LogP contribution in [0.25, 0.3) is 0 Å². The van der Waals surface area contributed by atoms with Gasteiger partial charge in [-0.05, 0) is 18.8 Å². The van der Waals surface area contributed by atoms with Gasteiger partial charge >= 0.3 is 5.97 Å². The zero-order valence-corrected chi connectivity index (χ0v) is 17.7. The van der Waals surface area contributed by atoms with Gasteiger partial charge in [0.15, 0.2) is 5.79 Å². The predicted octanol–water partition coefficient (Wildman–Crippen LogP) is 0.450. The number of hydrogen-bond donors (Lipinski definition) is 2. The number of nitrogens with two attached hydrogens (primary N) is 1. The molecule has 0 radical (unpaired) electrons. The van der Waals surface area contributed by atoms with E-state index in [2.05, 4.69) is 5.32 Å². The molecule has 164 valence electrons. The van der Waals surface area contributed by atoms with Crippen molar-refractivity contribution in [3.8, 4) is 0 Å². The molecule has 1 amide bonds. The maximum atomic E-state index is 11.7. The first kappa shape index (κ1) is 24.8. The molecule has 0 bridgehead atoms. The summed E-state index contributed by atoms with van der Waals surface area (Å²) in [6, 6.07) is -0.346. The first-order valence-electron chi connectivity index (χ1n) is 9.79. The summed E-state index contributed by atoms with van der Waals surface area (Å²) in [5, 5.41) is 2.94. The van der Waals surface area contributed by atoms with E-state index in [4.69, 9.17) is 29.4 Å². The third-order valence-electron chi connectivity index (χ3n) is 4.95. The van der Waals surface area contributed by atoms with E-state index in [0.29, 0.717) is 33.0 Å². The van der Waals surface area contributed by atoms with Crippen LogP contribution >= 0.6 is 0 Å². The number of carbonyl (C=O) groups is 2. The van der Waals surface area contributed by atoms with Gasteiger partial charge in [-0.15, -0.1) is 0 Å². The van der Waals surface area contributed by atoms with Crippen LogP contribution in [0.15, 0.2) is 0 Å². The molecular weight excluding hydrogens is 368 g/mol. The van der Waals surface area contributed by atoms with E-state index in [-0.39, 0.29) is 49.1 Å². The number of rotatable bonds is 12. The first-order valence-corrected chi connectivity index (χ1v) is 9.79. The number of amides is 1. The summed E-state index contributed by atoms with van der Waals surface area (Å²) in [6.07, 6.45) is -0.334. The fourth-order valence-corrected chi connectivity index (χ4v) is 3.30. The number of esters is 1. The van der Waals surface area contributed by atoms with Crippen LogP contribution in [0.5, 0.6) is 0 Å². The summed E-state index contributed by atoms with van der Waals surface area (Å²) < 4.78 is 28.0. The highest BCUT2D eigenvalue weighted by atomic mass is 16.7. The summed E-state index contributed by atoms with van der Waals surface area (Å²) in [5.41, 5.74) is 5.35. The number of hydrogen-bond acceptors (Lipinski definition) is 8. The average Bonchev–Trinajstić information content (AvgIpc) is 2.63. The van der Waals surface area contributed by atoms with Gasteiger partial charge in [0.1, 0.15) is 6.61 Å². The van der Waals surface area contributed by atoms with Gasteiger partial charge < -0.3 is 34.7 Å². The largest absolute Gasteiger partial charge is 0.463 e. The molecule has 9 heteroatoms. The molecule has 1 fully saturated rings. The van der Waals surface area contributed by atoms with Crippen LogP contribution in [0.3, 0.4) is 0 Å². The topological polar surface area (TPSA) is 118 Å². The first-order chi connectivity index (χ1) is 13.2. The molecule has 0 spiro atoms. The highest BCUT2D eigenvalue weighted by molar-refractivity contribution is 5.73. The molecule has 1 saturated heterocycles. The van der Waals surface area contributed by atoms with E-state index in [0.717, 1.165) is 0 Å². The Balaban J connectivity index is 2.65. The SMILES string of the molecule is CC(=O)NC1[C@@H](C)[C@@H](C)C(COC(C)=O)O[C@]1(C)OCCOCCOCCN. The third-order valence-corrected chi connectivity index (χ3v) is 4.95. The Morgan fingerprint density at radius 1 is 1.04 bits per heavy atom. The molecule has 1 heterocycles. The van der Waals surface area contributed by atoms with Crippen LogP contribution in [0.2, 0.25) is 0 Å². The zero-order valence-electron chi connectivity index (χ0n) is 17.7. The van der Waals surface area contributed by atoms with E-state index in [9.17, 15) is 9.59 Å². The minimum Gasteiger partial charge on any atom is -0.463 e. The van der Waals surface area contributed by atoms with Gasteiger partial charge in [-0.3, -0.25) is 9.59 Å². The Kier molecular flexibility index (Phi) is 10.9. The molecule has 2 unspecified atom stereocenters. The summed E-state index contributed by atoms with van der Waals surface area (Å²) in [7, 11) is 0. The molecule has 28 heavy (non-hydrogen) atoms. The van der Waals surface area contributed by atoms with Crippen LogP contribution in [0.1, 0.15) is 34.6 Å². The summed E-state index contributed by atoms with van der Waals surface area (Å²) >= 11 is 0. The Bertz CT molecular complexity index is 489. The van der Waals surface area contributed by atoms with Crippen LogP contribution in [-0.2, 0) is 33.3 Å². The van der Waals surface area contributed by atoms with E-state index >= 15 is 0 Å². The minimum atomic E-state index is -1.07. The second kappa shape index (κ2) is 12.3. The fraction of sp³-hybridized carbons (Fsp3) is 0.895. The molecule has 0 aromatic heterocycles. The summed E-state index contributed by atoms with van der Waals surface area (Å²) in [6.45, 7) is 11.3. The van der Waals surface area contributed by atoms with Crippen LogP contribution < -0.4 is 11.1 Å². The number of nitrogens with one attached hydrogen (secondary N) is 1. The van der Waals surface area contributed by atoms with Crippen LogP contribution in [0.4, 0.5) is 0 Å². The molecule has 1 aliphatic heterocycles. The molecule has 1 aliphatic rings. The Morgan fingerprint density at radius 3 is 2.21 bits per heavy atom. The molecule has 1 rings (SSSR count). The molecule has 0 saturated carbocycles. The number of carbonyl (C=O) groups excluding carboxylic acids is 2. The highest BCUT2D eigenvalue weighted by Crippen LogP contribution is 2.38. The van der Waals surface area contributed by atoms with E-state index in [1.165, 1.54) is 13.8 Å². The van der Waals surface area contributed by atoms with Crippen molar-refractivity contribution >= 4 is 11.9 Å². The summed E-state index contributed by atoms with van der Waals surface area (Å²) in [4.78, 5) is 22.9. The maximum absolute atomic E-state index is 11.7. The highest BCUT2D eigenvalue weighted by Gasteiger charge is 2.50. The van der Waals surface area contributed by atoms with Crippen molar-refractivity contribution < 1.29 is 33.3 Å². The molecular formula is C19H36N2O7. The van der Waals surface area contributed by atoms with Crippen molar-refractivity contribution in [3.63, 3.8) is 0 Å². The van der Waals surface area contributed by atoms with Gasteiger partial charge in [0.2, 0.25) is 5.91 Å². The maximum Gasteiger partial charge on any atom is 0.302 e. The number of ether oxygens (including phenoxy) is 5. The van der Waals surface area contributed by atoms with Gasteiger partial charge in [-0.2, -0.15) is 0 Å². The van der Waals surface area contributed by atoms with E-state index in [1.54, 1.807) is 6.92 Å². The smallest absolute Gasteiger partial charge is 0.302 e. The van der Waals surface area contributed by atoms with Crippen molar-refractivity contribution in [2.24, 2.45) is 17.6 Å². The zero-order chi connectivity index (χ0) is 21.2. The average molecular weight is 405 g/mol. The van der Waals surface area contributed by atoms with Crippen LogP contribution in [0, 0.1) is 11.8 Å². The van der Waals surface area contributed by atoms with E-state index < -0.39 is 5.79 Å². The van der Waals surface area contributed by atoms with Crippen molar-refractivity contribution in [1.29, 1.82) is 0 Å². The molecule has 0 aromatic carbocycles. The lowest BCUT2D eigenvalue weighted by Gasteiger charge is -2.50. The summed E-state index contributed by atoms with van der Waals surface area (Å²) in [5.74, 6) is -1.48. The molecule has 0 aliphatic carbocycles. The Morgan fingerprint density at radius 2 is 1.64 bits per heavy atom. The molecule has 5 atom stereocenters. The predicted molar refractivity (Wildman–Crippen MR) is 102 cm³/mol. The second-order valence-electron chi connectivity index (χ2n) is 7.23. The standard InChI is InChI=1S/C19H36N2O7/c1-13-14(2)18(21-15(3)22)19(5,28-17(13)12-26-16(4)23)27-11-10-25-9-8-24-7-6-20/h13-14,17-18H,6-12,20H2,1-5H3,(H,21,22)/t13-,14+,17?,18?,19+/m1/s1. The molecule has 0 aromatic rings. The molecule has 9 nitrogen and oxygen atoms in total. The van der Waals surface area contributed by atoms with Gasteiger partial charge in [0.25, 0.3) is 0 Å². The van der Waals surface area contributed by atoms with Crippen LogP contribution in [-0.4, -0.2) is 76.0 Å². The van der Waals surface area contributed by atoms with E-state index in [1.807, 2.05) is 13.8 Å². The van der Waals surface area contributed by atoms with Gasteiger partial charge in [-0.1, -0.05) is 13.8 Å². The Hall–Kier alpha value is -1.26. The molecule has 3 N–H and O–H groups in total. The normalized spacial score (nSPS) is 30.1.